The lowest BCUT2D eigenvalue weighted by Gasteiger charge is -2.37. The van der Waals surface area contributed by atoms with E-state index in [9.17, 15) is 8.42 Å². The Hall–Kier alpha value is -1.74. The number of nitrogens with zero attached hydrogens (tertiary/aromatic N) is 3. The van der Waals surface area contributed by atoms with Crippen molar-refractivity contribution in [3.63, 3.8) is 0 Å². The van der Waals surface area contributed by atoms with Crippen LogP contribution < -0.4 is 10.2 Å². The monoisotopic (exact) mass is 476 g/mol. The molecule has 1 spiro atoms. The molecule has 2 aliphatic rings. The van der Waals surface area contributed by atoms with Crippen LogP contribution in [0.15, 0.2) is 52.3 Å². The Balaban J connectivity index is 1.57. The van der Waals surface area contributed by atoms with Crippen LogP contribution in [0, 0.1) is 0 Å². The molecule has 2 atom stereocenters. The highest BCUT2D eigenvalue weighted by atomic mass is 35.5. The zero-order valence-corrected chi connectivity index (χ0v) is 19.9. The normalized spacial score (nSPS) is 19.8. The Labute approximate surface area is 192 Å². The molecule has 1 saturated heterocycles. The van der Waals surface area contributed by atoms with Crippen molar-refractivity contribution < 1.29 is 8.42 Å². The van der Waals surface area contributed by atoms with Crippen LogP contribution in [-0.2, 0) is 21.8 Å². The third kappa shape index (κ3) is 3.63. The van der Waals surface area contributed by atoms with Crippen molar-refractivity contribution in [1.29, 1.82) is 0 Å². The van der Waals surface area contributed by atoms with E-state index in [0.29, 0.717) is 9.92 Å². The quantitative estimate of drug-likeness (QED) is 0.608. The lowest BCUT2D eigenvalue weighted by molar-refractivity contribution is 0.460. The Morgan fingerprint density at radius 1 is 1.10 bits per heavy atom. The predicted molar refractivity (Wildman–Crippen MR) is 127 cm³/mol. The molecule has 5 rings (SSSR count). The summed E-state index contributed by atoms with van der Waals surface area (Å²) < 4.78 is 27.4. The van der Waals surface area contributed by atoms with Crippen LogP contribution in [0.4, 0.5) is 5.82 Å². The van der Waals surface area contributed by atoms with E-state index >= 15 is 0 Å². The van der Waals surface area contributed by atoms with Gasteiger partial charge in [0.05, 0.1) is 37.2 Å². The second-order valence-electron chi connectivity index (χ2n) is 8.45. The lowest BCUT2D eigenvalue weighted by atomic mass is 10.1. The average Bonchev–Trinajstić information content (AvgIpc) is 3.42. The Morgan fingerprint density at radius 2 is 1.81 bits per heavy atom. The molecular formula is C22H25ClN4O2S2. The van der Waals surface area contributed by atoms with Gasteiger partial charge in [-0.25, -0.2) is 4.21 Å². The number of fused-ring (bicyclic) bond motifs is 1. The van der Waals surface area contributed by atoms with Crippen molar-refractivity contribution in [3.05, 3.63) is 47.5 Å². The highest BCUT2D eigenvalue weighted by Gasteiger charge is 2.50. The molecular weight excluding hydrogens is 452 g/mol. The first-order valence-corrected chi connectivity index (χ1v) is 13.2. The van der Waals surface area contributed by atoms with Gasteiger partial charge in [-0.2, -0.15) is 4.09 Å². The molecule has 164 valence electrons. The molecule has 0 amide bonds. The maximum absolute atomic E-state index is 13.5. The minimum absolute atomic E-state index is 0.0323. The van der Waals surface area contributed by atoms with Gasteiger partial charge in [-0.05, 0) is 49.2 Å². The highest BCUT2D eigenvalue weighted by Crippen LogP contribution is 2.47. The molecule has 2 heterocycles. The van der Waals surface area contributed by atoms with Gasteiger partial charge >= 0.3 is 0 Å². The zero-order valence-electron chi connectivity index (χ0n) is 17.5. The highest BCUT2D eigenvalue weighted by molar-refractivity contribution is 7.85. The van der Waals surface area contributed by atoms with Crippen molar-refractivity contribution >= 4 is 50.1 Å². The maximum atomic E-state index is 13.5. The van der Waals surface area contributed by atoms with Gasteiger partial charge in [0, 0.05) is 29.8 Å². The van der Waals surface area contributed by atoms with Gasteiger partial charge in [-0.15, -0.1) is 5.10 Å². The Morgan fingerprint density at radius 3 is 2.48 bits per heavy atom. The van der Waals surface area contributed by atoms with Crippen LogP contribution in [0.5, 0.6) is 0 Å². The first kappa shape index (κ1) is 21.1. The summed E-state index contributed by atoms with van der Waals surface area (Å²) in [7, 11) is -2.62. The smallest absolute Gasteiger partial charge is 0.173 e. The summed E-state index contributed by atoms with van der Waals surface area (Å²) in [5, 5.41) is 9.83. The largest absolute Gasteiger partial charge is 0.346 e. The summed E-state index contributed by atoms with van der Waals surface area (Å²) in [5.74, 6) is 0.811. The molecule has 0 radical (unpaired) electrons. The van der Waals surface area contributed by atoms with E-state index in [2.05, 4.69) is 10.2 Å². The van der Waals surface area contributed by atoms with Crippen LogP contribution >= 0.6 is 11.6 Å². The van der Waals surface area contributed by atoms with E-state index in [1.807, 2.05) is 32.0 Å². The number of halogens is 1. The predicted octanol–water partition coefficient (Wildman–Crippen LogP) is 3.72. The van der Waals surface area contributed by atoms with Crippen LogP contribution in [0.1, 0.15) is 26.7 Å². The van der Waals surface area contributed by atoms with Crippen LogP contribution in [-0.4, -0.2) is 48.0 Å². The minimum Gasteiger partial charge on any atom is -0.346 e. The number of hydrogen-bond donors (Lipinski definition) is 1. The van der Waals surface area contributed by atoms with E-state index in [-0.39, 0.29) is 10.8 Å². The lowest BCUT2D eigenvalue weighted by Crippen LogP contribution is -2.53. The summed E-state index contributed by atoms with van der Waals surface area (Å²) in [5.41, 5.74) is 0.845. The van der Waals surface area contributed by atoms with E-state index in [1.54, 1.807) is 28.4 Å². The molecule has 3 aromatic rings. The fourth-order valence-electron chi connectivity index (χ4n) is 4.23. The SMILES string of the molecule is CC(C)S(=O)c1ccc(S(=O)n2nc(N3CCNCC34CC4)c3c(Cl)cccc32)cc1. The van der Waals surface area contributed by atoms with Crippen LogP contribution in [0.25, 0.3) is 10.9 Å². The summed E-state index contributed by atoms with van der Waals surface area (Å²) >= 11 is 6.62. The molecule has 2 fully saturated rings. The van der Waals surface area contributed by atoms with Gasteiger partial charge in [-0.3, -0.25) is 4.21 Å². The first-order valence-electron chi connectivity index (χ1n) is 10.5. The molecule has 1 N–H and O–H groups in total. The minimum atomic E-state index is -1.54. The molecule has 9 heteroatoms. The number of hydrogen-bond acceptors (Lipinski definition) is 5. The van der Waals surface area contributed by atoms with Gasteiger partial charge in [-0.1, -0.05) is 31.5 Å². The van der Waals surface area contributed by atoms with E-state index in [4.69, 9.17) is 16.7 Å². The average molecular weight is 477 g/mol. The second kappa shape index (κ2) is 7.99. The van der Waals surface area contributed by atoms with E-state index in [0.717, 1.165) is 54.1 Å². The fourth-order valence-corrected chi connectivity index (χ4v) is 6.48. The third-order valence-electron chi connectivity index (χ3n) is 6.07. The van der Waals surface area contributed by atoms with Crippen molar-refractivity contribution in [2.24, 2.45) is 0 Å². The second-order valence-corrected chi connectivity index (χ2v) is 12.2. The zero-order chi connectivity index (χ0) is 21.8. The number of anilines is 1. The molecule has 0 bridgehead atoms. The summed E-state index contributed by atoms with van der Waals surface area (Å²) in [6.45, 7) is 6.51. The van der Waals surface area contributed by atoms with Crippen molar-refractivity contribution in [1.82, 2.24) is 14.5 Å². The van der Waals surface area contributed by atoms with Crippen molar-refractivity contribution in [3.8, 4) is 0 Å². The van der Waals surface area contributed by atoms with Crippen LogP contribution in [0.2, 0.25) is 5.02 Å². The van der Waals surface area contributed by atoms with Gasteiger partial charge in [0.1, 0.15) is 0 Å². The topological polar surface area (TPSA) is 67.2 Å². The first-order chi connectivity index (χ1) is 14.9. The molecule has 1 aliphatic carbocycles. The fraction of sp³-hybridized carbons (Fsp3) is 0.409. The summed E-state index contributed by atoms with van der Waals surface area (Å²) in [6, 6.07) is 12.8. The summed E-state index contributed by atoms with van der Waals surface area (Å²) in [6.07, 6.45) is 2.24. The number of benzene rings is 2. The van der Waals surface area contributed by atoms with Crippen molar-refractivity contribution in [2.45, 2.75) is 47.3 Å². The van der Waals surface area contributed by atoms with Gasteiger partial charge < -0.3 is 10.2 Å². The van der Waals surface area contributed by atoms with E-state index < -0.39 is 21.8 Å². The van der Waals surface area contributed by atoms with Gasteiger partial charge in [0.15, 0.2) is 16.8 Å². The third-order valence-corrected chi connectivity index (χ3v) is 9.25. The maximum Gasteiger partial charge on any atom is 0.173 e. The Kier molecular flexibility index (Phi) is 5.45. The number of rotatable bonds is 5. The van der Waals surface area contributed by atoms with Crippen LogP contribution in [0.3, 0.4) is 0 Å². The Bertz CT molecular complexity index is 1190. The number of nitrogens with one attached hydrogen (secondary N) is 1. The molecule has 2 aromatic carbocycles. The summed E-state index contributed by atoms with van der Waals surface area (Å²) in [4.78, 5) is 3.70. The molecule has 6 nitrogen and oxygen atoms in total. The number of aromatic nitrogens is 2. The standard InChI is InChI=1S/C22H25ClN4O2S2/c1-15(2)30(28)16-6-8-17(9-7-16)31(29)27-19-5-3-4-18(23)20(19)21(25-27)26-13-12-24-14-22(26)10-11-22/h3-9,15,24H,10-14H2,1-2H3. The van der Waals surface area contributed by atoms with Gasteiger partial charge in [0.25, 0.3) is 0 Å². The molecule has 1 saturated carbocycles. The van der Waals surface area contributed by atoms with Crippen molar-refractivity contribution in [2.75, 3.05) is 24.5 Å². The molecule has 31 heavy (non-hydrogen) atoms. The van der Waals surface area contributed by atoms with E-state index in [1.165, 1.54) is 0 Å². The van der Waals surface area contributed by atoms with Gasteiger partial charge in [0.2, 0.25) is 0 Å². The molecule has 1 aromatic heterocycles. The molecule has 1 aliphatic heterocycles. The number of piperazine rings is 1. The molecule has 2 unspecified atom stereocenters.